The lowest BCUT2D eigenvalue weighted by atomic mass is 10.1. The third-order valence-electron chi connectivity index (χ3n) is 4.42. The van der Waals surface area contributed by atoms with Crippen LogP contribution in [-0.2, 0) is 25.7 Å². The molecule has 1 fully saturated rings. The van der Waals surface area contributed by atoms with E-state index in [0.29, 0.717) is 4.90 Å². The molecular formula is C18H19F5N2O4. The summed E-state index contributed by atoms with van der Waals surface area (Å²) in [5, 5.41) is 0. The van der Waals surface area contributed by atoms with Crippen LogP contribution < -0.4 is 0 Å². The number of halogens is 5. The molecule has 0 aromatic heterocycles. The van der Waals surface area contributed by atoms with Gasteiger partial charge in [0.1, 0.15) is 6.54 Å². The van der Waals surface area contributed by atoms with Crippen molar-refractivity contribution in [3.8, 4) is 0 Å². The molecule has 1 atom stereocenters. The Bertz CT molecular complexity index is 784. The Balaban J connectivity index is 2.14. The molecule has 1 aliphatic heterocycles. The lowest BCUT2D eigenvalue weighted by molar-refractivity contribution is -0.157. The van der Waals surface area contributed by atoms with Crippen LogP contribution in [0.15, 0.2) is 18.2 Å². The number of nitrogens with zero attached hydrogens (tertiary/aromatic N) is 2. The normalized spacial score (nSPS) is 16.8. The summed E-state index contributed by atoms with van der Waals surface area (Å²) in [6, 6.07) is 2.99. The Kier molecular flexibility index (Phi) is 7.15. The van der Waals surface area contributed by atoms with Gasteiger partial charge in [0.25, 0.3) is 0 Å². The van der Waals surface area contributed by atoms with Crippen LogP contribution in [-0.4, -0.2) is 60.5 Å². The van der Waals surface area contributed by atoms with E-state index in [4.69, 9.17) is 0 Å². The van der Waals surface area contributed by atoms with Crippen LogP contribution in [0.3, 0.4) is 0 Å². The number of methoxy groups -OCH3 is 1. The van der Waals surface area contributed by atoms with Gasteiger partial charge in [0.2, 0.25) is 11.8 Å². The lowest BCUT2D eigenvalue weighted by Crippen LogP contribution is -2.39. The van der Waals surface area contributed by atoms with E-state index in [2.05, 4.69) is 4.74 Å². The highest BCUT2D eigenvalue weighted by Crippen LogP contribution is 2.26. The number of alkyl halides is 3. The number of ether oxygens (including phenoxy) is 1. The topological polar surface area (TPSA) is 66.9 Å². The van der Waals surface area contributed by atoms with Crippen LogP contribution in [0.5, 0.6) is 0 Å². The minimum absolute atomic E-state index is 0.158. The minimum Gasteiger partial charge on any atom is -0.469 e. The average Bonchev–Trinajstić information content (AvgIpc) is 2.99. The molecule has 0 radical (unpaired) electrons. The molecule has 0 aliphatic carbocycles. The first-order chi connectivity index (χ1) is 13.5. The fourth-order valence-corrected chi connectivity index (χ4v) is 3.02. The average molecular weight is 422 g/mol. The Hall–Kier alpha value is -2.72. The number of hydrogen-bond acceptors (Lipinski definition) is 4. The van der Waals surface area contributed by atoms with Crippen LogP contribution in [0.4, 0.5) is 22.0 Å². The van der Waals surface area contributed by atoms with E-state index >= 15 is 0 Å². The maximum atomic E-state index is 13.4. The van der Waals surface area contributed by atoms with Crippen LogP contribution >= 0.6 is 0 Å². The van der Waals surface area contributed by atoms with Gasteiger partial charge in [0.05, 0.1) is 19.4 Å². The Labute approximate surface area is 163 Å². The number of rotatable bonds is 7. The number of esters is 1. The van der Waals surface area contributed by atoms with Crippen molar-refractivity contribution in [1.29, 1.82) is 0 Å². The van der Waals surface area contributed by atoms with Crippen LogP contribution in [0, 0.1) is 17.6 Å². The van der Waals surface area contributed by atoms with E-state index in [9.17, 15) is 36.3 Å². The Morgan fingerprint density at radius 2 is 1.93 bits per heavy atom. The smallest absolute Gasteiger partial charge is 0.406 e. The summed E-state index contributed by atoms with van der Waals surface area (Å²) < 4.78 is 68.8. The van der Waals surface area contributed by atoms with Crippen LogP contribution in [0.25, 0.3) is 0 Å². The van der Waals surface area contributed by atoms with Crippen molar-refractivity contribution in [3.05, 3.63) is 35.4 Å². The fraction of sp³-hybridized carbons (Fsp3) is 0.500. The number of amides is 2. The minimum atomic E-state index is -4.59. The van der Waals surface area contributed by atoms with Crippen molar-refractivity contribution < 1.29 is 41.1 Å². The van der Waals surface area contributed by atoms with Crippen LogP contribution in [0.1, 0.15) is 18.4 Å². The predicted octanol–water partition coefficient (Wildman–Crippen LogP) is 2.27. The second kappa shape index (κ2) is 9.19. The first-order valence-corrected chi connectivity index (χ1v) is 8.64. The standard InChI is InChI=1S/C18H19F5N2O4/c1-29-16(27)4-5-24(8-11-2-3-13(19)14(20)6-11)17(28)12-7-15(26)25(9-12)10-18(21,22)23/h2-3,6,12H,4-5,7-10H2,1H3. The molecule has 6 nitrogen and oxygen atoms in total. The summed E-state index contributed by atoms with van der Waals surface area (Å²) >= 11 is 0. The third kappa shape index (κ3) is 6.40. The van der Waals surface area contributed by atoms with Gasteiger partial charge in [-0.25, -0.2) is 8.78 Å². The molecule has 160 valence electrons. The van der Waals surface area contributed by atoms with Crippen LogP contribution in [0.2, 0.25) is 0 Å². The number of benzene rings is 1. The van der Waals surface area contributed by atoms with Crippen molar-refractivity contribution in [2.75, 3.05) is 26.7 Å². The summed E-state index contributed by atoms with van der Waals surface area (Å²) in [5.74, 6) is -5.33. The largest absolute Gasteiger partial charge is 0.469 e. The first kappa shape index (κ1) is 22.6. The monoisotopic (exact) mass is 422 g/mol. The predicted molar refractivity (Wildman–Crippen MR) is 89.2 cm³/mol. The van der Waals surface area contributed by atoms with E-state index in [1.807, 2.05) is 0 Å². The lowest BCUT2D eigenvalue weighted by Gasteiger charge is -2.26. The molecule has 29 heavy (non-hydrogen) atoms. The molecule has 0 spiro atoms. The van der Waals surface area contributed by atoms with Gasteiger partial charge in [-0.3, -0.25) is 14.4 Å². The number of likely N-dealkylation sites (tertiary alicyclic amines) is 1. The molecule has 1 heterocycles. The van der Waals surface area contributed by atoms with Gasteiger partial charge in [-0.1, -0.05) is 6.07 Å². The van der Waals surface area contributed by atoms with E-state index in [1.165, 1.54) is 6.07 Å². The van der Waals surface area contributed by atoms with E-state index in [-0.39, 0.29) is 25.1 Å². The molecule has 11 heteroatoms. The van der Waals surface area contributed by atoms with Gasteiger partial charge in [-0.15, -0.1) is 0 Å². The van der Waals surface area contributed by atoms with Gasteiger partial charge in [0.15, 0.2) is 11.6 Å². The molecule has 2 rings (SSSR count). The zero-order valence-electron chi connectivity index (χ0n) is 15.5. The second-order valence-electron chi connectivity index (χ2n) is 6.62. The zero-order chi connectivity index (χ0) is 21.8. The van der Waals surface area contributed by atoms with Gasteiger partial charge in [-0.2, -0.15) is 13.2 Å². The van der Waals surface area contributed by atoms with Crippen molar-refractivity contribution in [2.45, 2.75) is 25.6 Å². The Morgan fingerprint density at radius 3 is 2.52 bits per heavy atom. The molecule has 1 saturated heterocycles. The van der Waals surface area contributed by atoms with Gasteiger partial charge in [0, 0.05) is 26.1 Å². The second-order valence-corrected chi connectivity index (χ2v) is 6.62. The van der Waals surface area contributed by atoms with E-state index in [0.717, 1.165) is 24.1 Å². The fourth-order valence-electron chi connectivity index (χ4n) is 3.02. The van der Waals surface area contributed by atoms with Crippen molar-refractivity contribution in [1.82, 2.24) is 9.80 Å². The van der Waals surface area contributed by atoms with Gasteiger partial charge < -0.3 is 14.5 Å². The summed E-state index contributed by atoms with van der Waals surface area (Å²) in [7, 11) is 1.15. The van der Waals surface area contributed by atoms with E-state index < -0.39 is 61.0 Å². The molecule has 0 N–H and O–H groups in total. The molecule has 1 aliphatic rings. The van der Waals surface area contributed by atoms with E-state index in [1.54, 1.807) is 0 Å². The summed E-state index contributed by atoms with van der Waals surface area (Å²) in [6.45, 7) is -2.24. The molecule has 1 unspecified atom stereocenters. The molecular weight excluding hydrogens is 403 g/mol. The van der Waals surface area contributed by atoms with Gasteiger partial charge >= 0.3 is 12.1 Å². The number of carbonyl (C=O) groups is 3. The molecule has 2 amide bonds. The molecule has 0 bridgehead atoms. The first-order valence-electron chi connectivity index (χ1n) is 8.64. The van der Waals surface area contributed by atoms with Crippen molar-refractivity contribution in [2.24, 2.45) is 5.92 Å². The molecule has 1 aromatic rings. The maximum Gasteiger partial charge on any atom is 0.406 e. The third-order valence-corrected chi connectivity index (χ3v) is 4.42. The highest BCUT2D eigenvalue weighted by atomic mass is 19.4. The quantitative estimate of drug-likeness (QED) is 0.500. The highest BCUT2D eigenvalue weighted by Gasteiger charge is 2.41. The van der Waals surface area contributed by atoms with Crippen molar-refractivity contribution >= 4 is 17.8 Å². The van der Waals surface area contributed by atoms with Gasteiger partial charge in [-0.05, 0) is 17.7 Å². The summed E-state index contributed by atoms with van der Waals surface area (Å²) in [5.41, 5.74) is 0.221. The Morgan fingerprint density at radius 1 is 1.24 bits per heavy atom. The SMILES string of the molecule is COC(=O)CCN(Cc1ccc(F)c(F)c1)C(=O)C1CC(=O)N(CC(F)(F)F)C1. The molecule has 0 saturated carbocycles. The maximum absolute atomic E-state index is 13.4. The highest BCUT2D eigenvalue weighted by molar-refractivity contribution is 5.89. The van der Waals surface area contributed by atoms with Crippen molar-refractivity contribution in [3.63, 3.8) is 0 Å². The molecule has 1 aromatic carbocycles. The zero-order valence-corrected chi connectivity index (χ0v) is 15.5. The summed E-state index contributed by atoms with van der Waals surface area (Å²) in [6.07, 6.45) is -5.20. The number of hydrogen-bond donors (Lipinski definition) is 0. The number of carbonyl (C=O) groups excluding carboxylic acids is 3. The summed E-state index contributed by atoms with van der Waals surface area (Å²) in [4.78, 5) is 37.7.